The molecule has 17 heavy (non-hydrogen) atoms. The maximum Gasteiger partial charge on any atom is 0.187 e. The van der Waals surface area contributed by atoms with Crippen LogP contribution in [0.5, 0.6) is 0 Å². The molecule has 0 bridgehead atoms. The second-order valence-corrected chi connectivity index (χ2v) is 4.02. The van der Waals surface area contributed by atoms with E-state index in [9.17, 15) is 15.3 Å². The first kappa shape index (κ1) is 14.6. The Bertz CT molecular complexity index is 244. The molecule has 0 amide bonds. The molecule has 1 rings (SSSR count). The van der Waals surface area contributed by atoms with Crippen molar-refractivity contribution in [3.05, 3.63) is 12.7 Å². The fraction of sp³-hybridized carbons (Fsp3) is 0.818. The zero-order chi connectivity index (χ0) is 13.0. The van der Waals surface area contributed by atoms with E-state index in [4.69, 9.17) is 14.6 Å². The topological polar surface area (TPSA) is 99.4 Å². The van der Waals surface area contributed by atoms with Gasteiger partial charge >= 0.3 is 0 Å². The lowest BCUT2D eigenvalue weighted by Crippen LogP contribution is -2.59. The molecule has 0 aromatic rings. The van der Waals surface area contributed by atoms with Crippen molar-refractivity contribution in [2.45, 2.75) is 50.2 Å². The van der Waals surface area contributed by atoms with Crippen molar-refractivity contribution in [2.75, 3.05) is 6.61 Å². The van der Waals surface area contributed by atoms with Crippen molar-refractivity contribution in [1.29, 1.82) is 0 Å². The molecule has 4 N–H and O–H groups in total. The minimum absolute atomic E-state index is 0.323. The molecule has 1 aliphatic rings. The molecular weight excluding hydrogens is 228 g/mol. The van der Waals surface area contributed by atoms with Gasteiger partial charge in [0.05, 0.1) is 12.7 Å². The Morgan fingerprint density at radius 1 is 1.29 bits per heavy atom. The molecule has 0 radical (unpaired) electrons. The van der Waals surface area contributed by atoms with Crippen molar-refractivity contribution < 1.29 is 29.9 Å². The predicted molar refractivity (Wildman–Crippen MR) is 59.1 cm³/mol. The predicted octanol–water partition coefficient (Wildman–Crippen LogP) is -1.23. The average Bonchev–Trinajstić information content (AvgIpc) is 2.35. The highest BCUT2D eigenvalue weighted by Crippen LogP contribution is 2.23. The number of hydrogen-bond donors (Lipinski definition) is 4. The Labute approximate surface area is 100 Å². The summed E-state index contributed by atoms with van der Waals surface area (Å²) in [6, 6.07) is 0. The van der Waals surface area contributed by atoms with Crippen LogP contribution in [-0.4, -0.2) is 63.8 Å². The van der Waals surface area contributed by atoms with Crippen molar-refractivity contribution in [2.24, 2.45) is 0 Å². The van der Waals surface area contributed by atoms with E-state index in [0.29, 0.717) is 6.42 Å². The Kier molecular flexibility index (Phi) is 5.51. The minimum Gasteiger partial charge on any atom is -0.394 e. The highest BCUT2D eigenvalue weighted by atomic mass is 16.7. The van der Waals surface area contributed by atoms with Crippen LogP contribution in [0.3, 0.4) is 0 Å². The first-order valence-electron chi connectivity index (χ1n) is 5.63. The summed E-state index contributed by atoms with van der Waals surface area (Å²) in [7, 11) is 0. The molecule has 100 valence electrons. The molecule has 6 heteroatoms. The van der Waals surface area contributed by atoms with Gasteiger partial charge in [0.2, 0.25) is 0 Å². The van der Waals surface area contributed by atoms with Gasteiger partial charge in [-0.1, -0.05) is 13.0 Å². The fourth-order valence-corrected chi connectivity index (χ4v) is 1.67. The molecule has 0 aromatic carbocycles. The van der Waals surface area contributed by atoms with E-state index in [1.165, 1.54) is 0 Å². The summed E-state index contributed by atoms with van der Waals surface area (Å²) < 4.78 is 10.6. The average molecular weight is 248 g/mol. The smallest absolute Gasteiger partial charge is 0.187 e. The summed E-state index contributed by atoms with van der Waals surface area (Å²) in [6.07, 6.45) is -4.29. The van der Waals surface area contributed by atoms with Crippen LogP contribution in [0.15, 0.2) is 12.7 Å². The largest absolute Gasteiger partial charge is 0.394 e. The third-order valence-corrected chi connectivity index (χ3v) is 2.82. The number of aliphatic hydroxyl groups excluding tert-OH is 4. The van der Waals surface area contributed by atoms with E-state index in [1.54, 1.807) is 6.08 Å². The number of aliphatic hydroxyl groups is 4. The van der Waals surface area contributed by atoms with Crippen LogP contribution in [0.2, 0.25) is 0 Å². The van der Waals surface area contributed by atoms with E-state index in [-0.39, 0.29) is 6.10 Å². The second-order valence-electron chi connectivity index (χ2n) is 4.02. The summed E-state index contributed by atoms with van der Waals surface area (Å²) in [4.78, 5) is 0. The zero-order valence-electron chi connectivity index (χ0n) is 9.77. The van der Waals surface area contributed by atoms with Crippen molar-refractivity contribution in [3.63, 3.8) is 0 Å². The maximum atomic E-state index is 9.69. The van der Waals surface area contributed by atoms with Crippen molar-refractivity contribution in [3.8, 4) is 0 Å². The lowest BCUT2D eigenvalue weighted by atomic mass is 9.99. The van der Waals surface area contributed by atoms with Gasteiger partial charge in [-0.05, 0) is 6.42 Å². The molecular formula is C11H20O6. The highest BCUT2D eigenvalue weighted by molar-refractivity contribution is 4.90. The van der Waals surface area contributed by atoms with E-state index in [1.807, 2.05) is 6.92 Å². The summed E-state index contributed by atoms with van der Waals surface area (Å²) in [5.74, 6) is 0. The van der Waals surface area contributed by atoms with Crippen LogP contribution in [0.25, 0.3) is 0 Å². The first-order chi connectivity index (χ1) is 8.04. The normalized spacial score (nSPS) is 39.9. The molecule has 0 aliphatic carbocycles. The van der Waals surface area contributed by atoms with Gasteiger partial charge in [0.15, 0.2) is 6.29 Å². The third kappa shape index (κ3) is 3.25. The second kappa shape index (κ2) is 6.44. The van der Waals surface area contributed by atoms with Gasteiger partial charge in [0, 0.05) is 0 Å². The van der Waals surface area contributed by atoms with Crippen LogP contribution < -0.4 is 0 Å². The van der Waals surface area contributed by atoms with Crippen molar-refractivity contribution in [1.82, 2.24) is 0 Å². The first-order valence-corrected chi connectivity index (χ1v) is 5.63. The zero-order valence-corrected chi connectivity index (χ0v) is 9.77. The molecule has 6 nitrogen and oxygen atoms in total. The van der Waals surface area contributed by atoms with E-state index >= 15 is 0 Å². The summed E-state index contributed by atoms with van der Waals surface area (Å²) in [5.41, 5.74) is 0. The monoisotopic (exact) mass is 248 g/mol. The van der Waals surface area contributed by atoms with Gasteiger partial charge in [0.1, 0.15) is 24.4 Å². The van der Waals surface area contributed by atoms with Crippen LogP contribution in [-0.2, 0) is 9.47 Å². The minimum atomic E-state index is -1.41. The Hall–Kier alpha value is -0.500. The molecule has 1 saturated heterocycles. The third-order valence-electron chi connectivity index (χ3n) is 2.82. The number of rotatable bonds is 5. The standard InChI is InChI=1S/C11H20O6/c1-3-6(4-2)16-11-10(15)9(14)8(13)7(5-12)17-11/h3,6-15H,1,4-5H2,2H3/t6-,7+,8+,9-,10+,11+/m0/s1. The van der Waals surface area contributed by atoms with Gasteiger partial charge in [-0.15, -0.1) is 6.58 Å². The van der Waals surface area contributed by atoms with Crippen LogP contribution in [0.1, 0.15) is 13.3 Å². The summed E-state index contributed by atoms with van der Waals surface area (Å²) >= 11 is 0. The number of ether oxygens (including phenoxy) is 2. The molecule has 0 unspecified atom stereocenters. The van der Waals surface area contributed by atoms with Gasteiger partial charge < -0.3 is 29.9 Å². The summed E-state index contributed by atoms with van der Waals surface area (Å²) in [5, 5.41) is 37.7. The van der Waals surface area contributed by atoms with Gasteiger partial charge in [-0.2, -0.15) is 0 Å². The lowest BCUT2D eigenvalue weighted by molar-refractivity contribution is -0.307. The van der Waals surface area contributed by atoms with E-state index < -0.39 is 37.3 Å². The fourth-order valence-electron chi connectivity index (χ4n) is 1.67. The highest BCUT2D eigenvalue weighted by Gasteiger charge is 2.44. The number of hydrogen-bond acceptors (Lipinski definition) is 6. The summed E-state index contributed by atoms with van der Waals surface area (Å²) in [6.45, 7) is 4.98. The molecule has 1 heterocycles. The van der Waals surface area contributed by atoms with E-state index in [0.717, 1.165) is 0 Å². The van der Waals surface area contributed by atoms with E-state index in [2.05, 4.69) is 6.58 Å². The van der Waals surface area contributed by atoms with Crippen LogP contribution in [0, 0.1) is 0 Å². The molecule has 0 saturated carbocycles. The molecule has 0 aromatic heterocycles. The Balaban J connectivity index is 2.68. The van der Waals surface area contributed by atoms with Crippen molar-refractivity contribution >= 4 is 0 Å². The van der Waals surface area contributed by atoms with Crippen LogP contribution >= 0.6 is 0 Å². The Morgan fingerprint density at radius 2 is 1.94 bits per heavy atom. The Morgan fingerprint density at radius 3 is 2.41 bits per heavy atom. The molecule has 6 atom stereocenters. The van der Waals surface area contributed by atoms with Gasteiger partial charge in [-0.3, -0.25) is 0 Å². The van der Waals surface area contributed by atoms with Gasteiger partial charge in [0.25, 0.3) is 0 Å². The molecule has 1 aliphatic heterocycles. The lowest BCUT2D eigenvalue weighted by Gasteiger charge is -2.40. The maximum absolute atomic E-state index is 9.69. The molecule has 0 spiro atoms. The quantitative estimate of drug-likeness (QED) is 0.455. The SMILES string of the molecule is C=C[C@@H](CC)O[C@@H]1O[C@H](CO)[C@@H](O)[C@H](O)[C@H]1O. The van der Waals surface area contributed by atoms with Crippen LogP contribution in [0.4, 0.5) is 0 Å². The van der Waals surface area contributed by atoms with Gasteiger partial charge in [-0.25, -0.2) is 0 Å². The molecule has 1 fully saturated rings.